The van der Waals surface area contributed by atoms with Crippen molar-refractivity contribution in [2.24, 2.45) is 5.92 Å². The van der Waals surface area contributed by atoms with E-state index in [0.29, 0.717) is 17.9 Å². The Morgan fingerprint density at radius 2 is 1.95 bits per heavy atom. The topological polar surface area (TPSA) is 41.0 Å². The molecule has 21 heavy (non-hydrogen) atoms. The molecule has 0 atom stereocenters. The van der Waals surface area contributed by atoms with Crippen molar-refractivity contribution in [2.45, 2.75) is 65.8 Å². The van der Waals surface area contributed by atoms with Gasteiger partial charge in [0.2, 0.25) is 0 Å². The van der Waals surface area contributed by atoms with Gasteiger partial charge in [-0.2, -0.15) is 0 Å². The van der Waals surface area contributed by atoms with E-state index in [9.17, 15) is 0 Å². The molecule has 1 aromatic heterocycles. The van der Waals surface area contributed by atoms with Gasteiger partial charge >= 0.3 is 0 Å². The smallest absolute Gasteiger partial charge is 0.135 e. The van der Waals surface area contributed by atoms with Crippen molar-refractivity contribution in [3.05, 3.63) is 11.9 Å². The van der Waals surface area contributed by atoms with Gasteiger partial charge in [-0.3, -0.25) is 0 Å². The van der Waals surface area contributed by atoms with Crippen LogP contribution in [0.3, 0.4) is 0 Å². The monoisotopic (exact) mass is 290 g/mol. The van der Waals surface area contributed by atoms with E-state index in [0.717, 1.165) is 37.0 Å². The van der Waals surface area contributed by atoms with Gasteiger partial charge in [-0.15, -0.1) is 0 Å². The average Bonchev–Trinajstić information content (AvgIpc) is 3.26. The number of nitrogens with zero attached hydrogens (tertiary/aromatic N) is 3. The molecule has 0 unspecified atom stereocenters. The maximum Gasteiger partial charge on any atom is 0.135 e. The summed E-state index contributed by atoms with van der Waals surface area (Å²) in [4.78, 5) is 12.0. The predicted molar refractivity (Wildman–Crippen MR) is 90.1 cm³/mol. The van der Waals surface area contributed by atoms with E-state index in [1.807, 2.05) is 0 Å². The number of hydrogen-bond acceptors (Lipinski definition) is 4. The molecule has 0 spiro atoms. The molecule has 1 fully saturated rings. The van der Waals surface area contributed by atoms with Gasteiger partial charge in [0.1, 0.15) is 17.5 Å². The third-order valence-corrected chi connectivity index (χ3v) is 3.65. The lowest BCUT2D eigenvalue weighted by molar-refractivity contribution is 0.600. The number of aromatic nitrogens is 2. The molecule has 2 rings (SSSR count). The lowest BCUT2D eigenvalue weighted by Gasteiger charge is -2.26. The van der Waals surface area contributed by atoms with Crippen LogP contribution in [0, 0.1) is 5.92 Å². The second-order valence-electron chi connectivity index (χ2n) is 6.83. The van der Waals surface area contributed by atoms with Gasteiger partial charge in [-0.05, 0) is 25.2 Å². The molecule has 4 heteroatoms. The number of anilines is 2. The van der Waals surface area contributed by atoms with Crippen molar-refractivity contribution in [2.75, 3.05) is 23.3 Å². The van der Waals surface area contributed by atoms with Crippen molar-refractivity contribution >= 4 is 11.6 Å². The first-order valence-corrected chi connectivity index (χ1v) is 8.40. The zero-order chi connectivity index (χ0) is 15.4. The molecule has 1 aliphatic carbocycles. The first-order valence-electron chi connectivity index (χ1n) is 8.40. The van der Waals surface area contributed by atoms with Crippen molar-refractivity contribution in [3.8, 4) is 0 Å². The van der Waals surface area contributed by atoms with Gasteiger partial charge in [0, 0.05) is 31.1 Å². The second-order valence-corrected chi connectivity index (χ2v) is 6.83. The first-order chi connectivity index (χ1) is 10.0. The van der Waals surface area contributed by atoms with Crippen molar-refractivity contribution in [3.63, 3.8) is 0 Å². The van der Waals surface area contributed by atoms with E-state index < -0.39 is 0 Å². The largest absolute Gasteiger partial charge is 0.370 e. The normalized spacial score (nSPS) is 14.8. The molecular weight excluding hydrogens is 260 g/mol. The minimum atomic E-state index is 0.354. The van der Waals surface area contributed by atoms with Crippen LogP contribution in [0.25, 0.3) is 0 Å². The molecule has 0 bridgehead atoms. The fourth-order valence-corrected chi connectivity index (χ4v) is 2.41. The second kappa shape index (κ2) is 7.10. The summed E-state index contributed by atoms with van der Waals surface area (Å²) in [7, 11) is 0. The Hall–Kier alpha value is -1.32. The van der Waals surface area contributed by atoms with Crippen molar-refractivity contribution in [1.82, 2.24) is 9.97 Å². The van der Waals surface area contributed by atoms with E-state index in [1.165, 1.54) is 12.8 Å². The molecule has 1 saturated carbocycles. The summed E-state index contributed by atoms with van der Waals surface area (Å²) in [5, 5.41) is 3.42. The fraction of sp³-hybridized carbons (Fsp3) is 0.765. The highest BCUT2D eigenvalue weighted by Crippen LogP contribution is 2.32. The lowest BCUT2D eigenvalue weighted by Crippen LogP contribution is -2.31. The zero-order valence-electron chi connectivity index (χ0n) is 14.2. The van der Waals surface area contributed by atoms with Crippen LogP contribution >= 0.6 is 0 Å². The Morgan fingerprint density at radius 3 is 2.48 bits per heavy atom. The van der Waals surface area contributed by atoms with E-state index in [1.54, 1.807) is 0 Å². The highest BCUT2D eigenvalue weighted by Gasteiger charge is 2.31. The maximum atomic E-state index is 4.83. The van der Waals surface area contributed by atoms with Gasteiger partial charge in [-0.25, -0.2) is 9.97 Å². The summed E-state index contributed by atoms with van der Waals surface area (Å²) in [6.45, 7) is 13.1. The van der Waals surface area contributed by atoms with Crippen LogP contribution in [0.4, 0.5) is 11.6 Å². The van der Waals surface area contributed by atoms with Gasteiger partial charge in [-0.1, -0.05) is 34.6 Å². The molecule has 0 radical (unpaired) electrons. The van der Waals surface area contributed by atoms with E-state index in [-0.39, 0.29) is 0 Å². The number of hydrogen-bond donors (Lipinski definition) is 1. The standard InChI is InChI=1S/C17H30N4/c1-6-9-18-15-10-16(20-17(19-15)13(4)5)21(11-12(2)3)14-7-8-14/h10,12-14H,6-9,11H2,1-5H3,(H,18,19,20). The summed E-state index contributed by atoms with van der Waals surface area (Å²) in [5.74, 6) is 4.02. The van der Waals surface area contributed by atoms with E-state index >= 15 is 0 Å². The quantitative estimate of drug-likeness (QED) is 0.784. The summed E-state index contributed by atoms with van der Waals surface area (Å²) in [6.07, 6.45) is 3.70. The summed E-state index contributed by atoms with van der Waals surface area (Å²) < 4.78 is 0. The fourth-order valence-electron chi connectivity index (χ4n) is 2.41. The van der Waals surface area contributed by atoms with Gasteiger partial charge in [0.05, 0.1) is 0 Å². The van der Waals surface area contributed by atoms with E-state index in [2.05, 4.69) is 55.9 Å². The predicted octanol–water partition coefficient (Wildman–Crippen LogP) is 4.05. The first kappa shape index (κ1) is 16.1. The molecule has 118 valence electrons. The molecule has 0 amide bonds. The van der Waals surface area contributed by atoms with Crippen molar-refractivity contribution < 1.29 is 0 Å². The molecule has 1 heterocycles. The highest BCUT2D eigenvalue weighted by molar-refractivity contribution is 5.51. The van der Waals surface area contributed by atoms with Crippen LogP contribution in [0.15, 0.2) is 6.07 Å². The van der Waals surface area contributed by atoms with Crippen LogP contribution in [0.5, 0.6) is 0 Å². The Balaban J connectivity index is 2.28. The number of nitrogens with one attached hydrogen (secondary N) is 1. The lowest BCUT2D eigenvalue weighted by atomic mass is 10.2. The molecule has 0 aromatic carbocycles. The van der Waals surface area contributed by atoms with Crippen molar-refractivity contribution in [1.29, 1.82) is 0 Å². The number of rotatable bonds is 8. The summed E-state index contributed by atoms with van der Waals surface area (Å²) in [5.41, 5.74) is 0. The summed E-state index contributed by atoms with van der Waals surface area (Å²) in [6, 6.07) is 2.81. The Morgan fingerprint density at radius 1 is 1.24 bits per heavy atom. The SMILES string of the molecule is CCCNc1cc(N(CC(C)C)C2CC2)nc(C(C)C)n1. The molecule has 4 nitrogen and oxygen atoms in total. The Kier molecular flexibility index (Phi) is 5.43. The third kappa shape index (κ3) is 4.58. The minimum absolute atomic E-state index is 0.354. The van der Waals surface area contributed by atoms with Gasteiger partial charge in [0.25, 0.3) is 0 Å². The van der Waals surface area contributed by atoms with Crippen LogP contribution in [0.1, 0.15) is 65.6 Å². The van der Waals surface area contributed by atoms with Gasteiger partial charge < -0.3 is 10.2 Å². The third-order valence-electron chi connectivity index (χ3n) is 3.65. The van der Waals surface area contributed by atoms with Crippen LogP contribution in [-0.2, 0) is 0 Å². The minimum Gasteiger partial charge on any atom is -0.370 e. The van der Waals surface area contributed by atoms with Crippen LogP contribution < -0.4 is 10.2 Å². The molecule has 1 aliphatic rings. The Labute approximate surface area is 129 Å². The van der Waals surface area contributed by atoms with E-state index in [4.69, 9.17) is 4.98 Å². The summed E-state index contributed by atoms with van der Waals surface area (Å²) >= 11 is 0. The molecule has 1 aromatic rings. The van der Waals surface area contributed by atoms with Gasteiger partial charge in [0.15, 0.2) is 0 Å². The molecule has 0 saturated heterocycles. The average molecular weight is 290 g/mol. The molecule has 0 aliphatic heterocycles. The molecule has 1 N–H and O–H groups in total. The van der Waals surface area contributed by atoms with Crippen LogP contribution in [-0.4, -0.2) is 29.1 Å². The van der Waals surface area contributed by atoms with Crippen LogP contribution in [0.2, 0.25) is 0 Å². The maximum absolute atomic E-state index is 4.83. The zero-order valence-corrected chi connectivity index (χ0v) is 14.2. The Bertz CT molecular complexity index is 452. The molecular formula is C17H30N4. The highest BCUT2D eigenvalue weighted by atomic mass is 15.2.